The quantitative estimate of drug-likeness (QED) is 0.663. The third-order valence-electron chi connectivity index (χ3n) is 5.13. The maximum atomic E-state index is 12.6. The molecule has 0 spiro atoms. The number of nitriles is 1. The molecule has 1 N–H and O–H groups in total. The summed E-state index contributed by atoms with van der Waals surface area (Å²) in [5.74, 6) is -0.167. The SMILES string of the molecule is CN1c2ccccc2C(c2ccc(Cl)s2)=NCC1CNC(=O)c1ccc(C#N)cc1. The largest absolute Gasteiger partial charge is 0.367 e. The zero-order valence-electron chi connectivity index (χ0n) is 16.3. The molecular formula is C23H19ClN4OS. The standard InChI is InChI=1S/C23H19ClN4OS/c1-28-17(14-27-23(29)16-8-6-15(12-25)7-9-16)13-26-22(20-10-11-21(24)30-20)18-4-2-3-5-19(18)28/h2-11,17H,13-14H2,1H3,(H,27,29). The number of anilines is 1. The molecule has 0 saturated carbocycles. The summed E-state index contributed by atoms with van der Waals surface area (Å²) in [5, 5.41) is 11.9. The number of benzene rings is 2. The van der Waals surface area contributed by atoms with Crippen LogP contribution in [0.4, 0.5) is 5.69 Å². The third-order valence-corrected chi connectivity index (χ3v) is 6.37. The van der Waals surface area contributed by atoms with E-state index in [0.717, 1.165) is 26.2 Å². The molecule has 0 radical (unpaired) electrons. The number of fused-ring (bicyclic) bond motifs is 1. The minimum absolute atomic E-state index is 0.00131. The van der Waals surface area contributed by atoms with Crippen molar-refractivity contribution in [3.8, 4) is 6.07 Å². The van der Waals surface area contributed by atoms with Crippen LogP contribution in [0.3, 0.4) is 0 Å². The van der Waals surface area contributed by atoms with E-state index in [0.29, 0.717) is 24.2 Å². The molecule has 0 saturated heterocycles. The molecule has 1 atom stereocenters. The average Bonchev–Trinajstić information content (AvgIpc) is 3.15. The molecule has 0 aliphatic carbocycles. The lowest BCUT2D eigenvalue weighted by Crippen LogP contribution is -2.43. The summed E-state index contributed by atoms with van der Waals surface area (Å²) in [6, 6.07) is 20.7. The normalized spacial score (nSPS) is 15.6. The van der Waals surface area contributed by atoms with E-state index in [4.69, 9.17) is 21.9 Å². The number of thiophene rings is 1. The van der Waals surface area contributed by atoms with E-state index in [9.17, 15) is 4.79 Å². The van der Waals surface area contributed by atoms with E-state index in [1.807, 2.05) is 31.3 Å². The Morgan fingerprint density at radius 1 is 1.23 bits per heavy atom. The number of rotatable bonds is 4. The Morgan fingerprint density at radius 3 is 2.70 bits per heavy atom. The average molecular weight is 435 g/mol. The van der Waals surface area contributed by atoms with Gasteiger partial charge in [0, 0.05) is 30.4 Å². The van der Waals surface area contributed by atoms with Crippen LogP contribution in [0.25, 0.3) is 0 Å². The van der Waals surface area contributed by atoms with Crippen molar-refractivity contribution in [3.05, 3.63) is 86.6 Å². The van der Waals surface area contributed by atoms with Gasteiger partial charge in [0.2, 0.25) is 0 Å². The lowest BCUT2D eigenvalue weighted by Gasteiger charge is -2.28. The number of halogens is 1. The number of benzodiazepines with no additional fused rings is 1. The van der Waals surface area contributed by atoms with E-state index in [2.05, 4.69) is 28.4 Å². The second-order valence-corrected chi connectivity index (χ2v) is 8.69. The van der Waals surface area contributed by atoms with E-state index in [1.54, 1.807) is 24.3 Å². The number of carbonyl (C=O) groups excluding carboxylic acids is 1. The summed E-state index contributed by atoms with van der Waals surface area (Å²) >= 11 is 7.67. The van der Waals surface area contributed by atoms with Crippen molar-refractivity contribution >= 4 is 40.2 Å². The Hall–Kier alpha value is -3.14. The van der Waals surface area contributed by atoms with Crippen LogP contribution in [0.15, 0.2) is 65.7 Å². The highest BCUT2D eigenvalue weighted by molar-refractivity contribution is 7.18. The number of nitrogens with one attached hydrogen (secondary N) is 1. The molecule has 7 heteroatoms. The second kappa shape index (κ2) is 8.70. The summed E-state index contributed by atoms with van der Waals surface area (Å²) in [7, 11) is 2.03. The smallest absolute Gasteiger partial charge is 0.251 e. The van der Waals surface area contributed by atoms with Gasteiger partial charge in [0.1, 0.15) is 0 Å². The van der Waals surface area contributed by atoms with Crippen LogP contribution in [0.2, 0.25) is 4.34 Å². The predicted octanol–water partition coefficient (Wildman–Crippen LogP) is 4.36. The van der Waals surface area contributed by atoms with E-state index in [1.165, 1.54) is 11.3 Å². The Labute approximate surface area is 184 Å². The van der Waals surface area contributed by atoms with Crippen molar-refractivity contribution < 1.29 is 4.79 Å². The molecule has 0 bridgehead atoms. The molecule has 2 heterocycles. The number of para-hydroxylation sites is 1. The number of carbonyl (C=O) groups is 1. The third kappa shape index (κ3) is 4.09. The molecule has 1 amide bonds. The molecule has 3 aromatic rings. The van der Waals surface area contributed by atoms with E-state index in [-0.39, 0.29) is 11.9 Å². The number of hydrogen-bond donors (Lipinski definition) is 1. The summed E-state index contributed by atoms with van der Waals surface area (Å²) in [4.78, 5) is 20.6. The van der Waals surface area contributed by atoms with Gasteiger partial charge < -0.3 is 10.2 Å². The van der Waals surface area contributed by atoms with Crippen molar-refractivity contribution in [2.24, 2.45) is 4.99 Å². The van der Waals surface area contributed by atoms with Crippen LogP contribution in [0, 0.1) is 11.3 Å². The van der Waals surface area contributed by atoms with Crippen LogP contribution in [-0.2, 0) is 0 Å². The molecule has 1 aliphatic heterocycles. The van der Waals surface area contributed by atoms with Crippen molar-refractivity contribution in [1.82, 2.24) is 5.32 Å². The molecule has 1 unspecified atom stereocenters. The predicted molar refractivity (Wildman–Crippen MR) is 122 cm³/mol. The van der Waals surface area contributed by atoms with Crippen LogP contribution >= 0.6 is 22.9 Å². The van der Waals surface area contributed by atoms with Crippen LogP contribution in [-0.4, -0.2) is 37.8 Å². The Balaban J connectivity index is 1.55. The fourth-order valence-corrected chi connectivity index (χ4v) is 4.51. The van der Waals surface area contributed by atoms with Gasteiger partial charge in [-0.2, -0.15) is 5.26 Å². The first-order valence-corrected chi connectivity index (χ1v) is 10.7. The van der Waals surface area contributed by atoms with Crippen LogP contribution < -0.4 is 10.2 Å². The van der Waals surface area contributed by atoms with Crippen LogP contribution in [0.1, 0.15) is 26.4 Å². The maximum absolute atomic E-state index is 12.6. The highest BCUT2D eigenvalue weighted by Crippen LogP contribution is 2.31. The van der Waals surface area contributed by atoms with Gasteiger partial charge in [0.25, 0.3) is 5.91 Å². The van der Waals surface area contributed by atoms with Gasteiger partial charge in [0.05, 0.1) is 39.1 Å². The first-order chi connectivity index (χ1) is 14.6. The summed E-state index contributed by atoms with van der Waals surface area (Å²) in [5.41, 5.74) is 4.11. The van der Waals surface area contributed by atoms with Gasteiger partial charge in [-0.05, 0) is 42.5 Å². The molecule has 30 heavy (non-hydrogen) atoms. The Kier molecular flexibility index (Phi) is 5.84. The van der Waals surface area contributed by atoms with E-state index < -0.39 is 0 Å². The minimum atomic E-state index is -0.167. The van der Waals surface area contributed by atoms with Gasteiger partial charge >= 0.3 is 0 Å². The summed E-state index contributed by atoms with van der Waals surface area (Å²) in [6.07, 6.45) is 0. The molecule has 1 aromatic heterocycles. The maximum Gasteiger partial charge on any atom is 0.251 e. The lowest BCUT2D eigenvalue weighted by molar-refractivity contribution is 0.0951. The molecule has 5 nitrogen and oxygen atoms in total. The van der Waals surface area contributed by atoms with Gasteiger partial charge in [-0.1, -0.05) is 29.8 Å². The topological polar surface area (TPSA) is 68.5 Å². The number of amides is 1. The number of hydrogen-bond acceptors (Lipinski definition) is 5. The minimum Gasteiger partial charge on any atom is -0.367 e. The van der Waals surface area contributed by atoms with Gasteiger partial charge in [-0.15, -0.1) is 11.3 Å². The van der Waals surface area contributed by atoms with Crippen molar-refractivity contribution in [3.63, 3.8) is 0 Å². The Morgan fingerprint density at radius 2 is 2.00 bits per heavy atom. The van der Waals surface area contributed by atoms with Gasteiger partial charge in [0.15, 0.2) is 0 Å². The fourth-order valence-electron chi connectivity index (χ4n) is 3.44. The number of likely N-dealkylation sites (N-methyl/N-ethyl adjacent to an activating group) is 1. The Bertz CT molecular complexity index is 1150. The molecule has 1 aliphatic rings. The molecule has 0 fully saturated rings. The number of aliphatic imine (C=N–C) groups is 1. The van der Waals surface area contributed by atoms with Gasteiger partial charge in [-0.3, -0.25) is 9.79 Å². The van der Waals surface area contributed by atoms with E-state index >= 15 is 0 Å². The first kappa shape index (κ1) is 20.1. The monoisotopic (exact) mass is 434 g/mol. The van der Waals surface area contributed by atoms with Gasteiger partial charge in [-0.25, -0.2) is 0 Å². The first-order valence-electron chi connectivity index (χ1n) is 9.47. The molecule has 2 aromatic carbocycles. The molecule has 150 valence electrons. The second-order valence-electron chi connectivity index (χ2n) is 6.97. The highest BCUT2D eigenvalue weighted by Gasteiger charge is 2.25. The van der Waals surface area contributed by atoms with Crippen molar-refractivity contribution in [2.45, 2.75) is 6.04 Å². The molecule has 4 rings (SSSR count). The molecular weight excluding hydrogens is 416 g/mol. The lowest BCUT2D eigenvalue weighted by atomic mass is 10.1. The van der Waals surface area contributed by atoms with Crippen molar-refractivity contribution in [1.29, 1.82) is 5.26 Å². The highest BCUT2D eigenvalue weighted by atomic mass is 35.5. The van der Waals surface area contributed by atoms with Crippen molar-refractivity contribution in [2.75, 3.05) is 25.0 Å². The number of nitrogens with zero attached hydrogens (tertiary/aromatic N) is 3. The summed E-state index contributed by atoms with van der Waals surface area (Å²) in [6.45, 7) is 0.995. The van der Waals surface area contributed by atoms with Crippen LogP contribution in [0.5, 0.6) is 0 Å². The fraction of sp³-hybridized carbons (Fsp3) is 0.174. The summed E-state index contributed by atoms with van der Waals surface area (Å²) < 4.78 is 0.731. The zero-order valence-corrected chi connectivity index (χ0v) is 17.9. The zero-order chi connectivity index (χ0) is 21.1.